The average Bonchev–Trinajstić information content (AvgIpc) is 2.40. The fourth-order valence-electron chi connectivity index (χ4n) is 2.03. The van der Waals surface area contributed by atoms with Crippen molar-refractivity contribution in [1.82, 2.24) is 4.98 Å². The van der Waals surface area contributed by atoms with Crippen LogP contribution in [0.5, 0.6) is 0 Å². The Hall–Kier alpha value is -2.30. The summed E-state index contributed by atoms with van der Waals surface area (Å²) in [6.45, 7) is 0. The lowest BCUT2D eigenvalue weighted by Crippen LogP contribution is -2.20. The number of carboxylic acid groups (broad SMARTS) is 1. The van der Waals surface area contributed by atoms with E-state index in [9.17, 15) is 18.7 Å². The van der Waals surface area contributed by atoms with E-state index in [0.29, 0.717) is 11.1 Å². The smallest absolute Gasteiger partial charge is 0.307 e. The molecular formula is C15H13F2NO2. The molecule has 1 N–H and O–H groups in total. The Kier molecular flexibility index (Phi) is 4.40. The van der Waals surface area contributed by atoms with E-state index in [1.807, 2.05) is 0 Å². The summed E-state index contributed by atoms with van der Waals surface area (Å²) in [6.07, 6.45) is 2.63. The second-order valence-corrected chi connectivity index (χ2v) is 4.55. The molecule has 104 valence electrons. The van der Waals surface area contributed by atoms with Crippen molar-refractivity contribution in [2.24, 2.45) is 5.92 Å². The monoisotopic (exact) mass is 277 g/mol. The Labute approximate surface area is 114 Å². The minimum atomic E-state index is -1.04. The Morgan fingerprint density at radius 2 is 1.95 bits per heavy atom. The molecule has 1 aromatic heterocycles. The van der Waals surface area contributed by atoms with Crippen LogP contribution in [-0.4, -0.2) is 16.1 Å². The lowest BCUT2D eigenvalue weighted by atomic mass is 9.93. The van der Waals surface area contributed by atoms with Gasteiger partial charge in [-0.15, -0.1) is 0 Å². The molecule has 1 unspecified atom stereocenters. The Bertz CT molecular complexity index is 616. The predicted octanol–water partition coefficient (Wildman–Crippen LogP) is 2.85. The number of carbonyl (C=O) groups is 1. The van der Waals surface area contributed by atoms with Gasteiger partial charge in [-0.3, -0.25) is 9.78 Å². The van der Waals surface area contributed by atoms with Gasteiger partial charge in [-0.05, 0) is 36.1 Å². The fourth-order valence-corrected chi connectivity index (χ4v) is 2.03. The molecule has 0 aliphatic heterocycles. The lowest BCUT2D eigenvalue weighted by molar-refractivity contribution is -0.141. The van der Waals surface area contributed by atoms with E-state index >= 15 is 0 Å². The van der Waals surface area contributed by atoms with Crippen LogP contribution in [0.3, 0.4) is 0 Å². The van der Waals surface area contributed by atoms with Crippen LogP contribution < -0.4 is 0 Å². The van der Waals surface area contributed by atoms with Crippen molar-refractivity contribution in [3.05, 3.63) is 65.5 Å². The van der Waals surface area contributed by atoms with Gasteiger partial charge >= 0.3 is 5.97 Å². The van der Waals surface area contributed by atoms with Crippen LogP contribution in [0.4, 0.5) is 8.78 Å². The first-order chi connectivity index (χ1) is 9.56. The summed E-state index contributed by atoms with van der Waals surface area (Å²) in [5, 5.41) is 9.22. The average molecular weight is 277 g/mol. The summed E-state index contributed by atoms with van der Waals surface area (Å²) < 4.78 is 26.6. The van der Waals surface area contributed by atoms with Gasteiger partial charge < -0.3 is 5.11 Å². The molecule has 0 saturated heterocycles. The zero-order valence-corrected chi connectivity index (χ0v) is 10.6. The van der Waals surface area contributed by atoms with Gasteiger partial charge in [0.15, 0.2) is 0 Å². The summed E-state index contributed by atoms with van der Waals surface area (Å²) in [4.78, 5) is 14.9. The van der Waals surface area contributed by atoms with Crippen LogP contribution in [0.25, 0.3) is 0 Å². The predicted molar refractivity (Wildman–Crippen MR) is 69.1 cm³/mol. The third kappa shape index (κ3) is 3.60. The Balaban J connectivity index is 2.16. The summed E-state index contributed by atoms with van der Waals surface area (Å²) >= 11 is 0. The van der Waals surface area contributed by atoms with Crippen molar-refractivity contribution in [2.45, 2.75) is 12.8 Å². The molecule has 0 spiro atoms. The number of benzene rings is 1. The Morgan fingerprint density at radius 3 is 2.60 bits per heavy atom. The van der Waals surface area contributed by atoms with Gasteiger partial charge in [-0.25, -0.2) is 8.78 Å². The molecule has 0 amide bonds. The number of nitrogens with zero attached hydrogens (tertiary/aromatic N) is 1. The molecule has 0 aliphatic carbocycles. The minimum absolute atomic E-state index is 0.0541. The highest BCUT2D eigenvalue weighted by Crippen LogP contribution is 2.17. The molecule has 1 atom stereocenters. The summed E-state index contributed by atoms with van der Waals surface area (Å²) in [6, 6.07) is 7.28. The summed E-state index contributed by atoms with van der Waals surface area (Å²) in [5.74, 6) is -2.82. The first-order valence-electron chi connectivity index (χ1n) is 6.12. The maximum Gasteiger partial charge on any atom is 0.307 e. The van der Waals surface area contributed by atoms with E-state index in [1.54, 1.807) is 18.2 Å². The molecule has 1 heterocycles. The molecule has 3 nitrogen and oxygen atoms in total. The van der Waals surface area contributed by atoms with Gasteiger partial charge in [-0.1, -0.05) is 18.2 Å². The number of carboxylic acids is 1. The largest absolute Gasteiger partial charge is 0.481 e. The van der Waals surface area contributed by atoms with E-state index < -0.39 is 23.5 Å². The van der Waals surface area contributed by atoms with Crippen molar-refractivity contribution >= 4 is 5.97 Å². The molecule has 2 aromatic rings. The number of pyridine rings is 1. The van der Waals surface area contributed by atoms with Crippen molar-refractivity contribution in [3.8, 4) is 0 Å². The van der Waals surface area contributed by atoms with Gasteiger partial charge in [-0.2, -0.15) is 0 Å². The second-order valence-electron chi connectivity index (χ2n) is 4.55. The van der Waals surface area contributed by atoms with E-state index in [4.69, 9.17) is 0 Å². The van der Waals surface area contributed by atoms with Gasteiger partial charge in [0.1, 0.15) is 11.6 Å². The van der Waals surface area contributed by atoms with Crippen molar-refractivity contribution in [2.75, 3.05) is 0 Å². The zero-order chi connectivity index (χ0) is 14.5. The SMILES string of the molecule is O=C(O)C(Cc1cncc(F)c1)Cc1ccccc1F. The summed E-state index contributed by atoms with van der Waals surface area (Å²) in [5.41, 5.74) is 0.818. The normalized spacial score (nSPS) is 12.1. The number of hydrogen-bond donors (Lipinski definition) is 1. The third-order valence-corrected chi connectivity index (χ3v) is 3.02. The maximum atomic E-state index is 13.6. The van der Waals surface area contributed by atoms with Gasteiger partial charge in [0.25, 0.3) is 0 Å². The highest BCUT2D eigenvalue weighted by Gasteiger charge is 2.20. The molecule has 5 heteroatoms. The quantitative estimate of drug-likeness (QED) is 0.914. The molecule has 0 fully saturated rings. The van der Waals surface area contributed by atoms with Crippen LogP contribution in [0.1, 0.15) is 11.1 Å². The molecule has 2 rings (SSSR count). The van der Waals surface area contributed by atoms with Crippen LogP contribution >= 0.6 is 0 Å². The first-order valence-corrected chi connectivity index (χ1v) is 6.12. The molecule has 0 aliphatic rings. The van der Waals surface area contributed by atoms with Gasteiger partial charge in [0, 0.05) is 6.20 Å². The number of rotatable bonds is 5. The first kappa shape index (κ1) is 14.1. The van der Waals surface area contributed by atoms with Crippen LogP contribution in [0, 0.1) is 17.6 Å². The van der Waals surface area contributed by atoms with E-state index in [2.05, 4.69) is 4.98 Å². The lowest BCUT2D eigenvalue weighted by Gasteiger charge is -2.13. The standard InChI is InChI=1S/C15H13F2NO2/c16-13-6-10(8-18-9-13)5-12(15(19)20)7-11-3-1-2-4-14(11)17/h1-4,6,8-9,12H,5,7H2,(H,19,20). The molecular weight excluding hydrogens is 264 g/mol. The van der Waals surface area contributed by atoms with Crippen molar-refractivity contribution in [3.63, 3.8) is 0 Å². The van der Waals surface area contributed by atoms with E-state index in [0.717, 1.165) is 6.20 Å². The number of aliphatic carboxylic acids is 1. The van der Waals surface area contributed by atoms with Crippen LogP contribution in [-0.2, 0) is 17.6 Å². The Morgan fingerprint density at radius 1 is 1.20 bits per heavy atom. The topological polar surface area (TPSA) is 50.2 Å². The molecule has 0 bridgehead atoms. The maximum absolute atomic E-state index is 13.6. The highest BCUT2D eigenvalue weighted by atomic mass is 19.1. The fraction of sp³-hybridized carbons (Fsp3) is 0.200. The summed E-state index contributed by atoms with van der Waals surface area (Å²) in [7, 11) is 0. The van der Waals surface area contributed by atoms with Crippen LogP contribution in [0.15, 0.2) is 42.7 Å². The van der Waals surface area contributed by atoms with E-state index in [1.165, 1.54) is 18.3 Å². The zero-order valence-electron chi connectivity index (χ0n) is 10.6. The number of halogens is 2. The molecule has 0 radical (unpaired) electrons. The number of hydrogen-bond acceptors (Lipinski definition) is 2. The second kappa shape index (κ2) is 6.23. The van der Waals surface area contributed by atoms with Crippen molar-refractivity contribution in [1.29, 1.82) is 0 Å². The van der Waals surface area contributed by atoms with Crippen molar-refractivity contribution < 1.29 is 18.7 Å². The number of aromatic nitrogens is 1. The van der Waals surface area contributed by atoms with Crippen LogP contribution in [0.2, 0.25) is 0 Å². The minimum Gasteiger partial charge on any atom is -0.481 e. The highest BCUT2D eigenvalue weighted by molar-refractivity contribution is 5.70. The third-order valence-electron chi connectivity index (χ3n) is 3.02. The van der Waals surface area contributed by atoms with E-state index in [-0.39, 0.29) is 12.8 Å². The molecule has 0 saturated carbocycles. The van der Waals surface area contributed by atoms with Gasteiger partial charge in [0.05, 0.1) is 12.1 Å². The molecule has 20 heavy (non-hydrogen) atoms. The molecule has 1 aromatic carbocycles. The van der Waals surface area contributed by atoms with Gasteiger partial charge in [0.2, 0.25) is 0 Å².